The van der Waals surface area contributed by atoms with Crippen LogP contribution in [0, 0.1) is 0 Å². The summed E-state index contributed by atoms with van der Waals surface area (Å²) in [7, 11) is 0. The van der Waals surface area contributed by atoms with Crippen molar-refractivity contribution < 1.29 is 44.7 Å². The van der Waals surface area contributed by atoms with E-state index < -0.39 is 53.2 Å². The van der Waals surface area contributed by atoms with Gasteiger partial charge >= 0.3 is 11.9 Å². The van der Waals surface area contributed by atoms with Gasteiger partial charge in [0.25, 0.3) is 0 Å². The van der Waals surface area contributed by atoms with Gasteiger partial charge in [0.05, 0.1) is 10.9 Å². The van der Waals surface area contributed by atoms with E-state index in [2.05, 4.69) is 10.6 Å². The molecule has 0 heterocycles. The van der Waals surface area contributed by atoms with Gasteiger partial charge in [0, 0.05) is 12.2 Å². The molecule has 4 unspecified atom stereocenters. The van der Waals surface area contributed by atoms with E-state index in [1.807, 2.05) is 0 Å². The van der Waals surface area contributed by atoms with Gasteiger partial charge in [-0.05, 0) is 61.2 Å². The summed E-state index contributed by atoms with van der Waals surface area (Å²) in [5.74, 6) is -4.18. The highest BCUT2D eigenvalue weighted by Crippen LogP contribution is 2.50. The largest absolute Gasteiger partial charge is 0.508 e. The van der Waals surface area contributed by atoms with Gasteiger partial charge in [-0.2, -0.15) is 0 Å². The number of benzene rings is 2. The average Bonchev–Trinajstić information content (AvgIpc) is 2.92. The van der Waals surface area contributed by atoms with Crippen LogP contribution in [0.15, 0.2) is 54.6 Å². The molecule has 0 aliphatic rings. The molecule has 2 amide bonds. The fourth-order valence-electron chi connectivity index (χ4n) is 4.21. The number of hydrogen-bond donors (Lipinski definition) is 8. The molecule has 41 heavy (non-hydrogen) atoms. The summed E-state index contributed by atoms with van der Waals surface area (Å²) in [6.45, 7) is 2.60. The third kappa shape index (κ3) is 8.96. The zero-order chi connectivity index (χ0) is 30.7. The first-order chi connectivity index (χ1) is 19.3. The third-order valence-corrected chi connectivity index (χ3v) is 8.05. The van der Waals surface area contributed by atoms with Gasteiger partial charge in [0.15, 0.2) is 0 Å². The lowest BCUT2D eigenvalue weighted by molar-refractivity contribution is -0.139. The second-order valence-electron chi connectivity index (χ2n) is 9.23. The number of carboxylic acids is 2. The molecule has 9 N–H and O–H groups in total. The summed E-state index contributed by atoms with van der Waals surface area (Å²) in [5, 5.41) is 53.8. The third-order valence-electron chi connectivity index (χ3n) is 6.29. The van der Waals surface area contributed by atoms with E-state index >= 15 is 0 Å². The SMILES string of the molecule is C/C=C(\c1ccc(O)cc1)C(SCC(NC(=O)CCC(N)C(=O)O)C(=O)NCC(=O)O)(c1ccc(O)cc1)C(C)O. The summed E-state index contributed by atoms with van der Waals surface area (Å²) >= 11 is 1.11. The number of aliphatic carboxylic acids is 2. The summed E-state index contributed by atoms with van der Waals surface area (Å²) in [5.41, 5.74) is 7.28. The number of aromatic hydroxyl groups is 2. The number of carbonyl (C=O) groups excluding carboxylic acids is 2. The highest BCUT2D eigenvalue weighted by molar-refractivity contribution is 8.00. The minimum Gasteiger partial charge on any atom is -0.508 e. The van der Waals surface area contributed by atoms with Crippen LogP contribution in [0.2, 0.25) is 0 Å². The van der Waals surface area contributed by atoms with E-state index in [1.165, 1.54) is 24.3 Å². The van der Waals surface area contributed by atoms with Crippen molar-refractivity contribution >= 4 is 41.1 Å². The maximum Gasteiger partial charge on any atom is 0.322 e. The highest BCUT2D eigenvalue weighted by atomic mass is 32.2. The molecular weight excluding hydrogens is 554 g/mol. The number of hydrogen-bond acceptors (Lipinski definition) is 9. The Morgan fingerprint density at radius 3 is 2.05 bits per heavy atom. The molecule has 0 fully saturated rings. The van der Waals surface area contributed by atoms with Crippen molar-refractivity contribution in [2.45, 2.75) is 49.6 Å². The number of aliphatic hydroxyl groups excluding tert-OH is 1. The lowest BCUT2D eigenvalue weighted by Crippen LogP contribution is -2.50. The van der Waals surface area contributed by atoms with Crippen LogP contribution in [0.5, 0.6) is 11.5 Å². The van der Waals surface area contributed by atoms with Gasteiger partial charge < -0.3 is 41.9 Å². The molecule has 4 atom stereocenters. The number of nitrogens with two attached hydrogens (primary N) is 1. The van der Waals surface area contributed by atoms with Crippen LogP contribution < -0.4 is 16.4 Å². The summed E-state index contributed by atoms with van der Waals surface area (Å²) in [6, 6.07) is 9.85. The smallest absolute Gasteiger partial charge is 0.322 e. The topological polar surface area (TPSA) is 220 Å². The van der Waals surface area contributed by atoms with Crippen LogP contribution in [-0.4, -0.2) is 79.8 Å². The molecular formula is C28H35N3O9S. The molecule has 12 nitrogen and oxygen atoms in total. The molecule has 0 aliphatic heterocycles. The minimum absolute atomic E-state index is 0.0114. The zero-order valence-electron chi connectivity index (χ0n) is 22.6. The van der Waals surface area contributed by atoms with Crippen LogP contribution in [-0.2, 0) is 23.9 Å². The molecule has 0 aliphatic carbocycles. The van der Waals surface area contributed by atoms with E-state index in [0.29, 0.717) is 16.7 Å². The Hall–Kier alpha value is -4.07. The van der Waals surface area contributed by atoms with Gasteiger partial charge in [0.2, 0.25) is 11.8 Å². The van der Waals surface area contributed by atoms with Crippen molar-refractivity contribution in [1.29, 1.82) is 0 Å². The number of nitrogens with one attached hydrogen (secondary N) is 2. The Kier molecular flexibility index (Phi) is 12.2. The van der Waals surface area contributed by atoms with E-state index in [0.717, 1.165) is 11.8 Å². The first-order valence-electron chi connectivity index (χ1n) is 12.7. The van der Waals surface area contributed by atoms with Crippen molar-refractivity contribution in [3.8, 4) is 11.5 Å². The summed E-state index contributed by atoms with van der Waals surface area (Å²) in [4.78, 5) is 47.7. The molecule has 2 rings (SSSR count). The van der Waals surface area contributed by atoms with Gasteiger partial charge in [-0.3, -0.25) is 19.2 Å². The second-order valence-corrected chi connectivity index (χ2v) is 10.5. The van der Waals surface area contributed by atoms with Crippen LogP contribution in [0.25, 0.3) is 5.57 Å². The number of amides is 2. The molecule has 0 aromatic heterocycles. The van der Waals surface area contributed by atoms with E-state index in [-0.39, 0.29) is 30.1 Å². The van der Waals surface area contributed by atoms with Crippen LogP contribution in [0.4, 0.5) is 0 Å². The number of phenolic OH excluding ortho intramolecular Hbond substituents is 2. The number of rotatable bonds is 15. The molecule has 0 saturated heterocycles. The Morgan fingerprint density at radius 2 is 1.56 bits per heavy atom. The summed E-state index contributed by atoms with van der Waals surface area (Å²) in [6.07, 6.45) is 0.175. The molecule has 0 radical (unpaired) electrons. The van der Waals surface area contributed by atoms with E-state index in [9.17, 15) is 34.5 Å². The van der Waals surface area contributed by atoms with Crippen molar-refractivity contribution in [2.24, 2.45) is 5.73 Å². The van der Waals surface area contributed by atoms with Crippen LogP contribution in [0.3, 0.4) is 0 Å². The predicted octanol–water partition coefficient (Wildman–Crippen LogP) is 1.39. The van der Waals surface area contributed by atoms with Gasteiger partial charge in [-0.25, -0.2) is 0 Å². The van der Waals surface area contributed by atoms with Crippen molar-refractivity contribution in [3.63, 3.8) is 0 Å². The van der Waals surface area contributed by atoms with Crippen LogP contribution >= 0.6 is 11.8 Å². The van der Waals surface area contributed by atoms with Gasteiger partial charge in [-0.15, -0.1) is 11.8 Å². The highest BCUT2D eigenvalue weighted by Gasteiger charge is 2.43. The standard InChI is InChI=1S/C28H35N3O9S/c1-3-21(17-4-8-19(33)9-5-17)28(16(2)32,18-6-10-20(34)11-7-18)41-15-23(26(38)30-14-25(36)37)31-24(35)13-12-22(29)27(39)40/h3-11,16,22-23,32-34H,12-15,29H2,1-2H3,(H,30,38)(H,31,35)(H,36,37)(H,39,40)/b21-3+. The monoisotopic (exact) mass is 589 g/mol. The Labute approximate surface area is 241 Å². The van der Waals surface area contributed by atoms with Crippen LogP contribution in [0.1, 0.15) is 37.8 Å². The Morgan fingerprint density at radius 1 is 1.00 bits per heavy atom. The molecule has 0 saturated carbocycles. The quantitative estimate of drug-likeness (QED) is 0.148. The molecule has 0 spiro atoms. The fraction of sp³-hybridized carbons (Fsp3) is 0.357. The maximum absolute atomic E-state index is 13.0. The summed E-state index contributed by atoms with van der Waals surface area (Å²) < 4.78 is -1.28. The molecule has 2 aromatic rings. The number of allylic oxidation sites excluding steroid dienone is 1. The minimum atomic E-state index is -1.30. The zero-order valence-corrected chi connectivity index (χ0v) is 23.4. The van der Waals surface area contributed by atoms with Gasteiger partial charge in [0.1, 0.15) is 30.1 Å². The number of carboxylic acid groups (broad SMARTS) is 2. The molecule has 13 heteroatoms. The molecule has 222 valence electrons. The predicted molar refractivity (Wildman–Crippen MR) is 153 cm³/mol. The molecule has 0 bridgehead atoms. The van der Waals surface area contributed by atoms with E-state index in [4.69, 9.17) is 15.9 Å². The van der Waals surface area contributed by atoms with Crippen molar-refractivity contribution in [2.75, 3.05) is 12.3 Å². The average molecular weight is 590 g/mol. The molecule has 2 aromatic carbocycles. The van der Waals surface area contributed by atoms with Crippen molar-refractivity contribution in [1.82, 2.24) is 10.6 Å². The normalized spacial score (nSPS) is 15.2. The Bertz CT molecular complexity index is 1250. The number of carbonyl (C=O) groups is 4. The van der Waals surface area contributed by atoms with Gasteiger partial charge in [-0.1, -0.05) is 30.3 Å². The lowest BCUT2D eigenvalue weighted by Gasteiger charge is -2.40. The maximum atomic E-state index is 13.0. The number of phenols is 2. The van der Waals surface area contributed by atoms with Crippen molar-refractivity contribution in [3.05, 3.63) is 65.7 Å². The lowest BCUT2D eigenvalue weighted by atomic mass is 9.82. The fourth-order valence-corrected chi connectivity index (χ4v) is 5.81. The first kappa shape index (κ1) is 33.1. The van der Waals surface area contributed by atoms with E-state index in [1.54, 1.807) is 44.2 Å². The second kappa shape index (κ2) is 15.1. The Balaban J connectivity index is 2.51. The number of aliphatic hydroxyl groups is 1. The number of thioether (sulfide) groups is 1. The first-order valence-corrected chi connectivity index (χ1v) is 13.6.